The Balaban J connectivity index is 0.00000361. The molecule has 1 aromatic heterocycles. The fraction of sp³-hybridized carbons (Fsp3) is 0.318. The summed E-state index contributed by atoms with van der Waals surface area (Å²) in [5.41, 5.74) is 1.04. The van der Waals surface area contributed by atoms with Crippen LogP contribution in [-0.2, 0) is 16.6 Å². The van der Waals surface area contributed by atoms with Gasteiger partial charge in [0, 0.05) is 61.2 Å². The highest BCUT2D eigenvalue weighted by atomic mass is 32.2. The number of methoxy groups -OCH3 is 2. The fourth-order valence-electron chi connectivity index (χ4n) is 3.61. The van der Waals surface area contributed by atoms with Crippen molar-refractivity contribution in [2.45, 2.75) is 11.4 Å². The van der Waals surface area contributed by atoms with Gasteiger partial charge >= 0.3 is 0 Å². The highest BCUT2D eigenvalue weighted by molar-refractivity contribution is 7.99. The summed E-state index contributed by atoms with van der Waals surface area (Å²) in [6.07, 6.45) is 0. The van der Waals surface area contributed by atoms with Crippen molar-refractivity contribution in [3.8, 4) is 22.8 Å². The van der Waals surface area contributed by atoms with Crippen LogP contribution in [0.3, 0.4) is 0 Å². The number of nitro benzene ring substituents is 1. The second-order valence-corrected chi connectivity index (χ2v) is 11.6. The Labute approximate surface area is 213 Å². The standard InChI is InChI=1S/C22H24N4O6S3.H2/c1-31-18-7-6-17(13-19(18)32-2)35(29,30)24-22-23-21(15-4-3-5-16(12-15)26(27)28)20(34-22)14-25-8-10-33-11-9-25;/h3-7,12-13H,8-11,14H2,1-2H3,(H,23,24);1H. The van der Waals surface area contributed by atoms with Crippen LogP contribution in [0.15, 0.2) is 47.4 Å². The topological polar surface area (TPSA) is 124 Å². The number of sulfonamides is 1. The predicted molar refractivity (Wildman–Crippen MR) is 139 cm³/mol. The van der Waals surface area contributed by atoms with Crippen molar-refractivity contribution < 1.29 is 24.2 Å². The third-order valence-corrected chi connectivity index (χ3v) is 8.75. The number of thioether (sulfide) groups is 1. The number of nitrogens with one attached hydrogen (secondary N) is 1. The predicted octanol–water partition coefficient (Wildman–Crippen LogP) is 4.33. The summed E-state index contributed by atoms with van der Waals surface area (Å²) in [5.74, 6) is 2.74. The molecule has 2 heterocycles. The zero-order chi connectivity index (χ0) is 25.0. The van der Waals surface area contributed by atoms with Gasteiger partial charge in [-0.15, -0.1) is 0 Å². The Kier molecular flexibility index (Phi) is 7.79. The van der Waals surface area contributed by atoms with Crippen LogP contribution < -0.4 is 14.2 Å². The molecule has 3 aromatic rings. The lowest BCUT2D eigenvalue weighted by atomic mass is 10.1. The lowest BCUT2D eigenvalue weighted by Crippen LogP contribution is -2.31. The van der Waals surface area contributed by atoms with Gasteiger partial charge < -0.3 is 9.47 Å². The molecule has 4 rings (SSSR count). The van der Waals surface area contributed by atoms with Crippen molar-refractivity contribution in [1.29, 1.82) is 0 Å². The Morgan fingerprint density at radius 2 is 1.89 bits per heavy atom. The number of benzene rings is 2. The molecule has 10 nitrogen and oxygen atoms in total. The van der Waals surface area contributed by atoms with Crippen molar-refractivity contribution in [3.63, 3.8) is 0 Å². The Hall–Kier alpha value is -2.87. The lowest BCUT2D eigenvalue weighted by Gasteiger charge is -2.25. The minimum Gasteiger partial charge on any atom is -0.493 e. The first-order valence-electron chi connectivity index (χ1n) is 10.6. The third-order valence-electron chi connectivity index (χ3n) is 5.39. The zero-order valence-corrected chi connectivity index (χ0v) is 21.5. The molecule has 1 aliphatic heterocycles. The minimum absolute atomic E-state index is 0. The van der Waals surface area contributed by atoms with Crippen molar-refractivity contribution in [1.82, 2.24) is 9.88 Å². The molecule has 0 radical (unpaired) electrons. The van der Waals surface area contributed by atoms with E-state index in [9.17, 15) is 18.5 Å². The molecule has 1 N–H and O–H groups in total. The van der Waals surface area contributed by atoms with E-state index in [4.69, 9.17) is 9.47 Å². The van der Waals surface area contributed by atoms with E-state index in [0.717, 1.165) is 29.5 Å². The number of hydrogen-bond acceptors (Lipinski definition) is 10. The first kappa shape index (κ1) is 25.2. The molecule has 2 aromatic carbocycles. The van der Waals surface area contributed by atoms with Crippen molar-refractivity contribution in [3.05, 3.63) is 57.5 Å². The maximum Gasteiger partial charge on any atom is 0.270 e. The number of aromatic nitrogens is 1. The second kappa shape index (κ2) is 10.8. The number of nitrogens with zero attached hydrogens (tertiary/aromatic N) is 3. The quantitative estimate of drug-likeness (QED) is 0.313. The first-order chi connectivity index (χ1) is 16.8. The molecule has 0 unspecified atom stereocenters. The molecule has 1 fully saturated rings. The smallest absolute Gasteiger partial charge is 0.270 e. The summed E-state index contributed by atoms with van der Waals surface area (Å²) in [5, 5.41) is 11.5. The van der Waals surface area contributed by atoms with Gasteiger partial charge in [-0.3, -0.25) is 19.7 Å². The summed E-state index contributed by atoms with van der Waals surface area (Å²) in [7, 11) is -1.07. The monoisotopic (exact) mass is 538 g/mol. The summed E-state index contributed by atoms with van der Waals surface area (Å²) < 4.78 is 39.2. The van der Waals surface area contributed by atoms with Gasteiger partial charge in [0.25, 0.3) is 15.7 Å². The van der Waals surface area contributed by atoms with E-state index >= 15 is 0 Å². The molecule has 35 heavy (non-hydrogen) atoms. The van der Waals surface area contributed by atoms with Crippen LogP contribution in [0.25, 0.3) is 11.3 Å². The molecule has 188 valence electrons. The molecule has 0 atom stereocenters. The molecule has 1 saturated heterocycles. The maximum absolute atomic E-state index is 13.1. The number of nitro groups is 1. The SMILES string of the molecule is COc1ccc(S(=O)(=O)Nc2nc(-c3cccc([N+](=O)[O-])c3)c(CN3CCSCC3)s2)cc1OC.[HH]. The van der Waals surface area contributed by atoms with Gasteiger partial charge in [-0.1, -0.05) is 23.5 Å². The van der Waals surface area contributed by atoms with Crippen molar-refractivity contribution in [2.75, 3.05) is 43.5 Å². The Morgan fingerprint density at radius 1 is 1.14 bits per heavy atom. The van der Waals surface area contributed by atoms with E-state index in [-0.39, 0.29) is 22.9 Å². The normalized spacial score (nSPS) is 14.5. The second-order valence-electron chi connectivity index (χ2n) is 7.61. The molecule has 0 bridgehead atoms. The minimum atomic E-state index is -3.97. The average molecular weight is 539 g/mol. The van der Waals surface area contributed by atoms with Crippen LogP contribution in [0.2, 0.25) is 0 Å². The van der Waals surface area contributed by atoms with E-state index in [2.05, 4.69) is 14.6 Å². The van der Waals surface area contributed by atoms with Crippen LogP contribution in [0.4, 0.5) is 10.8 Å². The van der Waals surface area contributed by atoms with E-state index in [1.165, 1.54) is 55.9 Å². The van der Waals surface area contributed by atoms with Gasteiger partial charge in [0.2, 0.25) is 0 Å². The Bertz CT molecular complexity index is 1330. The van der Waals surface area contributed by atoms with Gasteiger partial charge in [-0.05, 0) is 12.1 Å². The van der Waals surface area contributed by atoms with Crippen LogP contribution in [-0.4, -0.2) is 62.0 Å². The van der Waals surface area contributed by atoms with Crippen LogP contribution in [0.1, 0.15) is 6.30 Å². The third kappa shape index (κ3) is 5.86. The summed E-state index contributed by atoms with van der Waals surface area (Å²) in [4.78, 5) is 18.5. The number of anilines is 1. The summed E-state index contributed by atoms with van der Waals surface area (Å²) in [6.45, 7) is 2.39. The molecular formula is C22H26N4O6S3. The van der Waals surface area contributed by atoms with Gasteiger partial charge in [0.15, 0.2) is 16.6 Å². The Morgan fingerprint density at radius 3 is 2.57 bits per heavy atom. The van der Waals surface area contributed by atoms with E-state index in [0.29, 0.717) is 23.6 Å². The molecular weight excluding hydrogens is 512 g/mol. The van der Waals surface area contributed by atoms with E-state index < -0.39 is 14.9 Å². The van der Waals surface area contributed by atoms with Crippen LogP contribution >= 0.6 is 23.1 Å². The van der Waals surface area contributed by atoms with Gasteiger partial charge in [0.1, 0.15) is 0 Å². The number of rotatable bonds is 9. The van der Waals surface area contributed by atoms with Crippen LogP contribution in [0.5, 0.6) is 11.5 Å². The van der Waals surface area contributed by atoms with Crippen molar-refractivity contribution in [2.24, 2.45) is 0 Å². The number of non-ortho nitro benzene ring substituents is 1. The van der Waals surface area contributed by atoms with Gasteiger partial charge in [-0.25, -0.2) is 13.4 Å². The largest absolute Gasteiger partial charge is 0.493 e. The maximum atomic E-state index is 13.1. The molecule has 0 saturated carbocycles. The lowest BCUT2D eigenvalue weighted by molar-refractivity contribution is -0.384. The van der Waals surface area contributed by atoms with E-state index in [1.807, 2.05) is 11.8 Å². The molecule has 1 aliphatic rings. The highest BCUT2D eigenvalue weighted by Gasteiger charge is 2.23. The number of ether oxygens (including phenoxy) is 2. The first-order valence-corrected chi connectivity index (χ1v) is 14.1. The highest BCUT2D eigenvalue weighted by Crippen LogP contribution is 2.36. The number of thiazole rings is 1. The van der Waals surface area contributed by atoms with Crippen molar-refractivity contribution >= 4 is 43.9 Å². The number of hydrogen-bond donors (Lipinski definition) is 1. The van der Waals surface area contributed by atoms with Crippen LogP contribution in [0, 0.1) is 10.1 Å². The summed E-state index contributed by atoms with van der Waals surface area (Å²) in [6, 6.07) is 10.5. The average Bonchev–Trinajstić information content (AvgIpc) is 3.25. The summed E-state index contributed by atoms with van der Waals surface area (Å²) >= 11 is 3.12. The molecule has 0 spiro atoms. The molecule has 0 amide bonds. The molecule has 0 aliphatic carbocycles. The van der Waals surface area contributed by atoms with E-state index in [1.54, 1.807) is 12.1 Å². The van der Waals surface area contributed by atoms with Gasteiger partial charge in [-0.2, -0.15) is 11.8 Å². The fourth-order valence-corrected chi connectivity index (χ4v) is 6.87. The van der Waals surface area contributed by atoms with Gasteiger partial charge in [0.05, 0.1) is 29.7 Å². The zero-order valence-electron chi connectivity index (χ0n) is 19.1. The molecule has 13 heteroatoms.